The number of fused-ring (bicyclic) bond motifs is 1. The summed E-state index contributed by atoms with van der Waals surface area (Å²) in [7, 11) is 1.56. The Morgan fingerprint density at radius 1 is 1.09 bits per heavy atom. The Balaban J connectivity index is 1.81. The molecule has 0 atom stereocenters. The molecule has 116 valence electrons. The van der Waals surface area contributed by atoms with E-state index in [1.165, 1.54) is 0 Å². The van der Waals surface area contributed by atoms with Crippen molar-refractivity contribution < 1.29 is 9.53 Å². The first-order chi connectivity index (χ1) is 11.2. The van der Waals surface area contributed by atoms with Crippen LogP contribution in [0, 0.1) is 6.92 Å². The number of amides is 2. The van der Waals surface area contributed by atoms with Gasteiger partial charge in [-0.25, -0.2) is 14.8 Å². The molecule has 0 aliphatic carbocycles. The largest absolute Gasteiger partial charge is 0.495 e. The molecule has 0 aliphatic heterocycles. The minimum absolute atomic E-state index is 0.359. The molecule has 0 saturated carbocycles. The summed E-state index contributed by atoms with van der Waals surface area (Å²) in [5.41, 5.74) is 2.59. The van der Waals surface area contributed by atoms with Crippen LogP contribution in [-0.2, 0) is 0 Å². The summed E-state index contributed by atoms with van der Waals surface area (Å²) in [6, 6.07) is 12.4. The van der Waals surface area contributed by atoms with Gasteiger partial charge in [0.05, 0.1) is 24.2 Å². The number of carbonyl (C=O) groups excluding carboxylic acids is 1. The summed E-state index contributed by atoms with van der Waals surface area (Å²) in [5, 5.41) is 6.44. The Kier molecular flexibility index (Phi) is 4.05. The summed E-state index contributed by atoms with van der Waals surface area (Å²) in [6.45, 7) is 1.83. The Morgan fingerprint density at radius 3 is 2.70 bits per heavy atom. The number of methoxy groups -OCH3 is 1. The van der Waals surface area contributed by atoms with Crippen molar-refractivity contribution in [3.8, 4) is 5.75 Å². The highest BCUT2D eigenvalue weighted by atomic mass is 16.5. The van der Waals surface area contributed by atoms with Crippen molar-refractivity contribution in [2.45, 2.75) is 6.92 Å². The molecule has 2 amide bonds. The van der Waals surface area contributed by atoms with Gasteiger partial charge in [0.15, 0.2) is 5.65 Å². The second-order valence-electron chi connectivity index (χ2n) is 4.95. The van der Waals surface area contributed by atoms with E-state index >= 15 is 0 Å². The van der Waals surface area contributed by atoms with Crippen molar-refractivity contribution in [2.75, 3.05) is 17.7 Å². The molecule has 0 spiro atoms. The lowest BCUT2D eigenvalue weighted by atomic mass is 10.2. The van der Waals surface area contributed by atoms with E-state index in [1.54, 1.807) is 25.4 Å². The minimum Gasteiger partial charge on any atom is -0.495 e. The van der Waals surface area contributed by atoms with Gasteiger partial charge in [-0.3, -0.25) is 0 Å². The monoisotopic (exact) mass is 308 g/mol. The second kappa shape index (κ2) is 6.31. The lowest BCUT2D eigenvalue weighted by molar-refractivity contribution is 0.262. The molecule has 0 aliphatic rings. The zero-order chi connectivity index (χ0) is 16.2. The lowest BCUT2D eigenvalue weighted by Crippen LogP contribution is -2.20. The van der Waals surface area contributed by atoms with Crippen LogP contribution in [0.4, 0.5) is 16.2 Å². The summed E-state index contributed by atoms with van der Waals surface area (Å²) < 4.78 is 5.21. The minimum atomic E-state index is -0.359. The van der Waals surface area contributed by atoms with Crippen LogP contribution in [0.1, 0.15) is 5.69 Å². The van der Waals surface area contributed by atoms with Crippen LogP contribution in [0.15, 0.2) is 48.7 Å². The number of ether oxygens (including phenoxy) is 1. The fraction of sp³-hybridized carbons (Fsp3) is 0.118. The number of rotatable bonds is 3. The maximum absolute atomic E-state index is 12.2. The fourth-order valence-electron chi connectivity index (χ4n) is 2.24. The van der Waals surface area contributed by atoms with Crippen LogP contribution in [0.5, 0.6) is 5.75 Å². The SMILES string of the molecule is COc1ccccc1NC(=O)Nc1cc2cccnc2nc1C. The summed E-state index contributed by atoms with van der Waals surface area (Å²) in [4.78, 5) is 20.8. The van der Waals surface area contributed by atoms with Crippen molar-refractivity contribution in [1.82, 2.24) is 9.97 Å². The first-order valence-electron chi connectivity index (χ1n) is 7.11. The molecule has 6 heteroatoms. The number of hydrogen-bond donors (Lipinski definition) is 2. The van der Waals surface area contributed by atoms with Gasteiger partial charge in [0, 0.05) is 11.6 Å². The third-order valence-corrected chi connectivity index (χ3v) is 3.38. The van der Waals surface area contributed by atoms with Crippen LogP contribution in [0.3, 0.4) is 0 Å². The average molecular weight is 308 g/mol. The van der Waals surface area contributed by atoms with Crippen LogP contribution in [-0.4, -0.2) is 23.1 Å². The molecule has 2 heterocycles. The quantitative estimate of drug-likeness (QED) is 0.775. The van der Waals surface area contributed by atoms with E-state index in [1.807, 2.05) is 37.3 Å². The number of urea groups is 1. The first-order valence-corrected chi connectivity index (χ1v) is 7.11. The smallest absolute Gasteiger partial charge is 0.323 e. The lowest BCUT2D eigenvalue weighted by Gasteiger charge is -2.12. The Labute approximate surface area is 133 Å². The van der Waals surface area contributed by atoms with Gasteiger partial charge in [-0.1, -0.05) is 12.1 Å². The summed E-state index contributed by atoms with van der Waals surface area (Å²) >= 11 is 0. The topological polar surface area (TPSA) is 76.1 Å². The van der Waals surface area contributed by atoms with E-state index in [0.717, 1.165) is 5.39 Å². The zero-order valence-electron chi connectivity index (χ0n) is 12.8. The van der Waals surface area contributed by atoms with Crippen molar-refractivity contribution in [3.63, 3.8) is 0 Å². The Bertz CT molecular complexity index is 864. The number of aromatic nitrogens is 2. The second-order valence-corrected chi connectivity index (χ2v) is 4.95. The van der Waals surface area contributed by atoms with E-state index in [9.17, 15) is 4.79 Å². The van der Waals surface area contributed by atoms with Gasteiger partial charge in [-0.05, 0) is 37.3 Å². The number of nitrogens with one attached hydrogen (secondary N) is 2. The van der Waals surface area contributed by atoms with Gasteiger partial charge >= 0.3 is 6.03 Å². The summed E-state index contributed by atoms with van der Waals surface area (Å²) in [6.07, 6.45) is 1.69. The molecule has 1 aromatic carbocycles. The molecule has 0 saturated heterocycles. The van der Waals surface area contributed by atoms with E-state index < -0.39 is 0 Å². The number of para-hydroxylation sites is 2. The highest BCUT2D eigenvalue weighted by Crippen LogP contribution is 2.24. The number of anilines is 2. The standard InChI is InChI=1S/C17H16N4O2/c1-11-14(10-12-6-5-9-18-16(12)19-11)21-17(22)20-13-7-3-4-8-15(13)23-2/h3-10H,1-2H3,(H2,20,21,22). The van der Waals surface area contributed by atoms with Gasteiger partial charge in [-0.15, -0.1) is 0 Å². The number of carbonyl (C=O) groups is 1. The number of benzene rings is 1. The maximum Gasteiger partial charge on any atom is 0.323 e. The normalized spacial score (nSPS) is 10.3. The van der Waals surface area contributed by atoms with Crippen LogP contribution in [0.25, 0.3) is 11.0 Å². The number of hydrogen-bond acceptors (Lipinski definition) is 4. The van der Waals surface area contributed by atoms with Crippen molar-refractivity contribution in [3.05, 3.63) is 54.4 Å². The Hall–Kier alpha value is -3.15. The predicted molar refractivity (Wildman–Crippen MR) is 89.9 cm³/mol. The third kappa shape index (κ3) is 3.21. The van der Waals surface area contributed by atoms with Crippen LogP contribution in [0.2, 0.25) is 0 Å². The highest BCUT2D eigenvalue weighted by Gasteiger charge is 2.10. The molecule has 2 N–H and O–H groups in total. The van der Waals surface area contributed by atoms with Crippen molar-refractivity contribution in [2.24, 2.45) is 0 Å². The van der Waals surface area contributed by atoms with E-state index in [4.69, 9.17) is 4.74 Å². The number of aryl methyl sites for hydroxylation is 1. The molecule has 0 radical (unpaired) electrons. The van der Waals surface area contributed by atoms with E-state index in [2.05, 4.69) is 20.6 Å². The molecule has 23 heavy (non-hydrogen) atoms. The maximum atomic E-state index is 12.2. The molecule has 2 aromatic heterocycles. The van der Waals surface area contributed by atoms with Gasteiger partial charge in [0.2, 0.25) is 0 Å². The fourth-order valence-corrected chi connectivity index (χ4v) is 2.24. The molecule has 3 rings (SSSR count). The van der Waals surface area contributed by atoms with E-state index in [-0.39, 0.29) is 6.03 Å². The van der Waals surface area contributed by atoms with Crippen LogP contribution < -0.4 is 15.4 Å². The van der Waals surface area contributed by atoms with Gasteiger partial charge in [0.25, 0.3) is 0 Å². The highest BCUT2D eigenvalue weighted by molar-refractivity contribution is 6.01. The summed E-state index contributed by atoms with van der Waals surface area (Å²) in [5.74, 6) is 0.597. The molecule has 3 aromatic rings. The van der Waals surface area contributed by atoms with Gasteiger partial charge in [-0.2, -0.15) is 0 Å². The van der Waals surface area contributed by atoms with Crippen molar-refractivity contribution in [1.29, 1.82) is 0 Å². The molecular weight excluding hydrogens is 292 g/mol. The number of nitrogens with zero attached hydrogens (tertiary/aromatic N) is 2. The average Bonchev–Trinajstić information content (AvgIpc) is 2.56. The predicted octanol–water partition coefficient (Wildman–Crippen LogP) is 3.59. The zero-order valence-corrected chi connectivity index (χ0v) is 12.8. The molecule has 0 bridgehead atoms. The molecule has 6 nitrogen and oxygen atoms in total. The van der Waals surface area contributed by atoms with Crippen molar-refractivity contribution >= 4 is 28.4 Å². The number of pyridine rings is 2. The Morgan fingerprint density at radius 2 is 1.87 bits per heavy atom. The van der Waals surface area contributed by atoms with E-state index in [0.29, 0.717) is 28.5 Å². The van der Waals surface area contributed by atoms with Gasteiger partial charge in [0.1, 0.15) is 5.75 Å². The third-order valence-electron chi connectivity index (χ3n) is 3.38. The first kappa shape index (κ1) is 14.8. The molecule has 0 unspecified atom stereocenters. The molecule has 0 fully saturated rings. The van der Waals surface area contributed by atoms with Gasteiger partial charge < -0.3 is 15.4 Å². The molecular formula is C17H16N4O2. The van der Waals surface area contributed by atoms with Crippen LogP contribution >= 0.6 is 0 Å².